The summed E-state index contributed by atoms with van der Waals surface area (Å²) in [6, 6.07) is 6.27. The summed E-state index contributed by atoms with van der Waals surface area (Å²) < 4.78 is 17.9. The number of carbonyl (C=O) groups excluding carboxylic acids is 1. The molecule has 11 nitrogen and oxygen atoms in total. The second kappa shape index (κ2) is 12.1. The fourth-order valence-electron chi connectivity index (χ4n) is 6.56. The fourth-order valence-corrected chi connectivity index (χ4v) is 6.56. The van der Waals surface area contributed by atoms with Crippen molar-refractivity contribution in [2.45, 2.75) is 95.2 Å². The summed E-state index contributed by atoms with van der Waals surface area (Å²) >= 11 is 0. The number of hydrogen-bond donors (Lipinski definition) is 7. The van der Waals surface area contributed by atoms with Crippen LogP contribution in [-0.4, -0.2) is 103 Å². The number of hydrogen-bond acceptors (Lipinski definition) is 11. The normalized spacial score (nSPS) is 39.7. The third-order valence-electron chi connectivity index (χ3n) is 9.04. The van der Waals surface area contributed by atoms with Crippen molar-refractivity contribution in [3.05, 3.63) is 47.6 Å². The number of carbonyl (C=O) groups is 1. The lowest BCUT2D eigenvalue weighted by molar-refractivity contribution is -0.334. The van der Waals surface area contributed by atoms with Gasteiger partial charge in [-0.25, -0.2) is 4.79 Å². The highest BCUT2D eigenvalue weighted by Crippen LogP contribution is 2.56. The molecule has 1 heterocycles. The van der Waals surface area contributed by atoms with Crippen LogP contribution in [0.3, 0.4) is 0 Å². The fraction of sp³-hybridized carbons (Fsp3) is 0.633. The molecule has 228 valence electrons. The molecule has 11 atom stereocenters. The summed E-state index contributed by atoms with van der Waals surface area (Å²) in [5, 5.41) is 73.0. The van der Waals surface area contributed by atoms with Crippen LogP contribution in [0.25, 0.3) is 6.08 Å². The van der Waals surface area contributed by atoms with Gasteiger partial charge in [0.15, 0.2) is 6.29 Å². The number of aliphatic hydroxyl groups is 6. The Hall–Kier alpha value is -2.35. The molecule has 1 aromatic rings. The second-order valence-corrected chi connectivity index (χ2v) is 12.2. The van der Waals surface area contributed by atoms with E-state index < -0.39 is 84.4 Å². The monoisotopic (exact) mass is 578 g/mol. The molecule has 0 aromatic heterocycles. The Labute approximate surface area is 239 Å². The van der Waals surface area contributed by atoms with Crippen LogP contribution in [0.2, 0.25) is 0 Å². The minimum Gasteiger partial charge on any atom is -0.508 e. The van der Waals surface area contributed by atoms with Gasteiger partial charge in [0.1, 0.15) is 36.3 Å². The number of fused-ring (bicyclic) bond motifs is 1. The first-order chi connectivity index (χ1) is 19.2. The maximum Gasteiger partial charge on any atom is 0.331 e. The molecule has 0 bridgehead atoms. The van der Waals surface area contributed by atoms with Gasteiger partial charge in [-0.15, -0.1) is 0 Å². The number of ether oxygens (including phenoxy) is 3. The van der Waals surface area contributed by atoms with Gasteiger partial charge in [-0.3, -0.25) is 0 Å². The van der Waals surface area contributed by atoms with Crippen LogP contribution in [0.5, 0.6) is 5.75 Å². The van der Waals surface area contributed by atoms with Crippen molar-refractivity contribution in [3.63, 3.8) is 0 Å². The predicted octanol–water partition coefficient (Wildman–Crippen LogP) is 0.627. The summed E-state index contributed by atoms with van der Waals surface area (Å²) in [6.07, 6.45) is -5.10. The van der Waals surface area contributed by atoms with Gasteiger partial charge in [0.2, 0.25) is 0 Å². The molecule has 0 amide bonds. The molecule has 2 aliphatic carbocycles. The van der Waals surface area contributed by atoms with Crippen LogP contribution in [0.4, 0.5) is 0 Å². The maximum atomic E-state index is 13.0. The SMILES string of the molecule is CC1=CC[C@H](O)[C@]2(C)[C@H]1[C@@H](O[C@@H]1O[C@H](CO)[C@@H](O)[C@H](O)[C@H]1O)[C@H](C(C)(C)O)C[C@H]2OC(=O)/C=C/c1ccc(O)cc1. The standard InChI is InChI=1S/C30H42O11/c1-15-5-11-20(33)30(4)21(40-22(34)12-8-16-6-9-17(32)10-7-16)13-18(29(2,3)38)27(23(15)30)41-28-26(37)25(36)24(35)19(14-31)39-28/h5-10,12,18-21,23-28,31-33,35-38H,11,13-14H2,1-4H3/b12-8+/t18-,19-,20+,21-,23-,24-,25+,26-,27+,28+,30+/m1/s1. The van der Waals surface area contributed by atoms with Gasteiger partial charge in [-0.05, 0) is 57.4 Å². The third-order valence-corrected chi connectivity index (χ3v) is 9.04. The van der Waals surface area contributed by atoms with Gasteiger partial charge >= 0.3 is 5.97 Å². The van der Waals surface area contributed by atoms with Crippen molar-refractivity contribution in [3.8, 4) is 5.75 Å². The summed E-state index contributed by atoms with van der Waals surface area (Å²) in [7, 11) is 0. The van der Waals surface area contributed by atoms with Gasteiger partial charge in [0.25, 0.3) is 0 Å². The van der Waals surface area contributed by atoms with Crippen molar-refractivity contribution in [2.24, 2.45) is 17.3 Å². The van der Waals surface area contributed by atoms with E-state index in [1.54, 1.807) is 39.0 Å². The molecule has 2 fully saturated rings. The second-order valence-electron chi connectivity index (χ2n) is 12.2. The molecule has 1 aromatic carbocycles. The Morgan fingerprint density at radius 2 is 1.78 bits per heavy atom. The summed E-state index contributed by atoms with van der Waals surface area (Å²) in [5.41, 5.74) is -0.954. The lowest BCUT2D eigenvalue weighted by Gasteiger charge is -2.59. The van der Waals surface area contributed by atoms with E-state index in [1.807, 2.05) is 13.0 Å². The number of benzene rings is 1. The first-order valence-corrected chi connectivity index (χ1v) is 13.9. The Balaban J connectivity index is 1.66. The van der Waals surface area contributed by atoms with Crippen LogP contribution >= 0.6 is 0 Å². The molecule has 4 rings (SSSR count). The van der Waals surface area contributed by atoms with Crippen LogP contribution in [0, 0.1) is 17.3 Å². The van der Waals surface area contributed by atoms with Crippen molar-refractivity contribution >= 4 is 12.0 Å². The Kier molecular flexibility index (Phi) is 9.32. The van der Waals surface area contributed by atoms with Gasteiger partial charge in [-0.1, -0.05) is 30.7 Å². The van der Waals surface area contributed by atoms with E-state index in [0.29, 0.717) is 12.0 Å². The average molecular weight is 579 g/mol. The molecule has 3 aliphatic rings. The molecule has 0 radical (unpaired) electrons. The predicted molar refractivity (Wildman–Crippen MR) is 146 cm³/mol. The summed E-state index contributed by atoms with van der Waals surface area (Å²) in [4.78, 5) is 13.0. The zero-order valence-corrected chi connectivity index (χ0v) is 23.7. The minimum absolute atomic E-state index is 0.0961. The zero-order valence-electron chi connectivity index (χ0n) is 23.7. The molecule has 7 N–H and O–H groups in total. The molecule has 0 spiro atoms. The Morgan fingerprint density at radius 3 is 2.39 bits per heavy atom. The van der Waals surface area contributed by atoms with Crippen LogP contribution in [0.15, 0.2) is 42.0 Å². The van der Waals surface area contributed by atoms with Crippen molar-refractivity contribution in [2.75, 3.05) is 6.61 Å². The van der Waals surface area contributed by atoms with E-state index in [2.05, 4.69) is 0 Å². The highest BCUT2D eigenvalue weighted by atomic mass is 16.7. The van der Waals surface area contributed by atoms with E-state index in [4.69, 9.17) is 14.2 Å². The number of rotatable bonds is 7. The largest absolute Gasteiger partial charge is 0.508 e. The molecular formula is C30H42O11. The van der Waals surface area contributed by atoms with Crippen LogP contribution in [-0.2, 0) is 19.0 Å². The Bertz CT molecular complexity index is 1120. The maximum absolute atomic E-state index is 13.0. The van der Waals surface area contributed by atoms with Gasteiger partial charge in [-0.2, -0.15) is 0 Å². The molecule has 0 unspecified atom stereocenters. The van der Waals surface area contributed by atoms with Crippen LogP contribution < -0.4 is 0 Å². The van der Waals surface area contributed by atoms with E-state index >= 15 is 0 Å². The quantitative estimate of drug-likeness (QED) is 0.137. The molecule has 41 heavy (non-hydrogen) atoms. The highest BCUT2D eigenvalue weighted by Gasteiger charge is 2.62. The number of esters is 1. The number of phenols is 1. The highest BCUT2D eigenvalue weighted by molar-refractivity contribution is 5.87. The smallest absolute Gasteiger partial charge is 0.331 e. The minimum atomic E-state index is -1.65. The van der Waals surface area contributed by atoms with E-state index in [0.717, 1.165) is 5.57 Å². The van der Waals surface area contributed by atoms with Crippen molar-refractivity contribution < 1.29 is 54.8 Å². The zero-order chi connectivity index (χ0) is 30.3. The van der Waals surface area contributed by atoms with Crippen LogP contribution in [0.1, 0.15) is 46.1 Å². The third kappa shape index (κ3) is 6.23. The first kappa shape index (κ1) is 31.6. The number of aliphatic hydroxyl groups excluding tert-OH is 5. The van der Waals surface area contributed by atoms with Crippen molar-refractivity contribution in [1.29, 1.82) is 0 Å². The number of phenolic OH excluding ortho intramolecular Hbond substituents is 1. The van der Waals surface area contributed by atoms with Crippen molar-refractivity contribution in [1.82, 2.24) is 0 Å². The molecule has 1 saturated carbocycles. The molecule has 11 heteroatoms. The average Bonchev–Trinajstić information content (AvgIpc) is 2.91. The summed E-state index contributed by atoms with van der Waals surface area (Å²) in [6.45, 7) is 6.20. The molecule has 1 saturated heterocycles. The topological polar surface area (TPSA) is 186 Å². The van der Waals surface area contributed by atoms with Gasteiger partial charge < -0.3 is 50.0 Å². The Morgan fingerprint density at radius 1 is 1.12 bits per heavy atom. The molecular weight excluding hydrogens is 536 g/mol. The van der Waals surface area contributed by atoms with Gasteiger partial charge in [0, 0.05) is 23.3 Å². The summed E-state index contributed by atoms with van der Waals surface area (Å²) in [5.74, 6) is -1.85. The lowest BCUT2D eigenvalue weighted by atomic mass is 9.52. The van der Waals surface area contributed by atoms with E-state index in [1.165, 1.54) is 18.2 Å². The van der Waals surface area contributed by atoms with E-state index in [-0.39, 0.29) is 12.2 Å². The van der Waals surface area contributed by atoms with E-state index in [9.17, 15) is 40.5 Å². The van der Waals surface area contributed by atoms with Gasteiger partial charge in [0.05, 0.1) is 24.4 Å². The lowest BCUT2D eigenvalue weighted by Crippen LogP contribution is -2.66. The first-order valence-electron chi connectivity index (χ1n) is 13.9. The molecule has 1 aliphatic heterocycles. The number of aromatic hydroxyl groups is 1.